The molecule has 0 aliphatic carbocycles. The van der Waals surface area contributed by atoms with Crippen LogP contribution in [0.15, 0.2) is 82.7 Å². The summed E-state index contributed by atoms with van der Waals surface area (Å²) in [6.45, 7) is 0.694. The summed E-state index contributed by atoms with van der Waals surface area (Å²) in [6, 6.07) is 19.7. The van der Waals surface area contributed by atoms with Crippen molar-refractivity contribution in [3.63, 3.8) is 0 Å². The van der Waals surface area contributed by atoms with Gasteiger partial charge in [0.05, 0.1) is 52.8 Å². The van der Waals surface area contributed by atoms with E-state index >= 15 is 0 Å². The van der Waals surface area contributed by atoms with E-state index in [0.29, 0.717) is 57.8 Å². The number of hydrogen-bond acceptors (Lipinski definition) is 7. The van der Waals surface area contributed by atoms with Gasteiger partial charge in [-0.1, -0.05) is 42.1 Å². The van der Waals surface area contributed by atoms with Crippen LogP contribution < -0.4 is 10.5 Å². The van der Waals surface area contributed by atoms with E-state index in [1.165, 1.54) is 24.9 Å². The van der Waals surface area contributed by atoms with Gasteiger partial charge < -0.3 is 14.6 Å². The van der Waals surface area contributed by atoms with Crippen LogP contribution in [0.3, 0.4) is 0 Å². The Kier molecular flexibility index (Phi) is 7.23. The molecule has 1 aliphatic rings. The van der Waals surface area contributed by atoms with E-state index in [9.17, 15) is 22.8 Å². The molecule has 12 heteroatoms. The molecule has 0 saturated carbocycles. The highest BCUT2D eigenvalue weighted by Gasteiger charge is 2.31. The monoisotopic (exact) mass is 591 g/mol. The Hall–Kier alpha value is -4.58. The Morgan fingerprint density at radius 3 is 2.52 bits per heavy atom. The molecule has 8 nitrogen and oxygen atoms in total. The number of imidazole rings is 1. The number of aromatic nitrogens is 4. The van der Waals surface area contributed by atoms with E-state index in [2.05, 4.69) is 9.97 Å². The van der Waals surface area contributed by atoms with Gasteiger partial charge in [-0.05, 0) is 48.0 Å². The number of para-hydroxylation sites is 1. The lowest BCUT2D eigenvalue weighted by Crippen LogP contribution is -2.38. The first-order valence-electron chi connectivity index (χ1n) is 13.0. The molecule has 0 spiro atoms. The number of aromatic amines is 1. The molecule has 2 aromatic heterocycles. The number of thioether (sulfide) groups is 1. The van der Waals surface area contributed by atoms with Crippen molar-refractivity contribution >= 4 is 34.7 Å². The standard InChI is InChI=1S/C30H24F3N5O3S/c1-41-27(40)19-9-7-18(8-10-19)17-42-29-36-23-13-14-37(16-22(23)26(39)38(29)21-5-3-2-4-6-21)28-34-24-12-11-20(30(31,32)33)15-25(24)35-28/h2-12,15H,13-14,16-17H2,1H3,(H,34,35). The molecule has 1 N–H and O–H groups in total. The zero-order valence-electron chi connectivity index (χ0n) is 22.3. The van der Waals surface area contributed by atoms with Crippen LogP contribution in [0, 0.1) is 0 Å². The molecule has 0 saturated heterocycles. The van der Waals surface area contributed by atoms with Crippen LogP contribution in [0.1, 0.15) is 32.7 Å². The SMILES string of the molecule is COC(=O)c1ccc(CSc2nc3c(c(=O)n2-c2ccccc2)CN(c2nc4ccc(C(F)(F)F)cc4[nH]2)CC3)cc1. The summed E-state index contributed by atoms with van der Waals surface area (Å²) in [4.78, 5) is 40.0. The summed E-state index contributed by atoms with van der Waals surface area (Å²) in [5.41, 5.74) is 2.98. The van der Waals surface area contributed by atoms with Gasteiger partial charge in [0.15, 0.2) is 5.16 Å². The summed E-state index contributed by atoms with van der Waals surface area (Å²) in [7, 11) is 1.33. The van der Waals surface area contributed by atoms with Gasteiger partial charge in [-0.2, -0.15) is 13.2 Å². The molecule has 0 bridgehead atoms. The number of hydrogen-bond donors (Lipinski definition) is 1. The van der Waals surface area contributed by atoms with Crippen LogP contribution in [0.5, 0.6) is 0 Å². The maximum absolute atomic E-state index is 14.0. The molecule has 0 atom stereocenters. The van der Waals surface area contributed by atoms with Crippen molar-refractivity contribution in [2.45, 2.75) is 30.1 Å². The van der Waals surface area contributed by atoms with Gasteiger partial charge in [-0.25, -0.2) is 14.8 Å². The van der Waals surface area contributed by atoms with Crippen molar-refractivity contribution in [3.05, 3.63) is 111 Å². The first-order valence-corrected chi connectivity index (χ1v) is 14.0. The van der Waals surface area contributed by atoms with Gasteiger partial charge in [0, 0.05) is 18.7 Å². The Labute approximate surface area is 242 Å². The number of nitrogens with zero attached hydrogens (tertiary/aromatic N) is 4. The fourth-order valence-electron chi connectivity index (χ4n) is 4.86. The van der Waals surface area contributed by atoms with Crippen LogP contribution in [0.25, 0.3) is 16.7 Å². The highest BCUT2D eigenvalue weighted by molar-refractivity contribution is 7.98. The molecule has 0 radical (unpaired) electrons. The number of alkyl halides is 3. The molecule has 5 aromatic rings. The molecular formula is C30H24F3N5O3S. The first-order chi connectivity index (χ1) is 20.2. The van der Waals surface area contributed by atoms with E-state index in [1.807, 2.05) is 47.4 Å². The summed E-state index contributed by atoms with van der Waals surface area (Å²) >= 11 is 1.42. The summed E-state index contributed by atoms with van der Waals surface area (Å²) < 4.78 is 45.9. The minimum Gasteiger partial charge on any atom is -0.465 e. The van der Waals surface area contributed by atoms with Crippen molar-refractivity contribution in [2.24, 2.45) is 0 Å². The number of halogens is 3. The zero-order valence-corrected chi connectivity index (χ0v) is 23.1. The quantitative estimate of drug-likeness (QED) is 0.152. The van der Waals surface area contributed by atoms with E-state index in [0.717, 1.165) is 17.7 Å². The second-order valence-corrected chi connectivity index (χ2v) is 10.7. The summed E-state index contributed by atoms with van der Waals surface area (Å²) in [6.07, 6.45) is -3.99. The van der Waals surface area contributed by atoms with Gasteiger partial charge in [-0.15, -0.1) is 0 Å². The number of nitrogens with one attached hydrogen (secondary N) is 1. The zero-order chi connectivity index (χ0) is 29.4. The predicted molar refractivity (Wildman–Crippen MR) is 153 cm³/mol. The van der Waals surface area contributed by atoms with Crippen LogP contribution in [-0.2, 0) is 29.6 Å². The minimum atomic E-state index is -4.46. The van der Waals surface area contributed by atoms with E-state index in [1.54, 1.807) is 16.7 Å². The highest BCUT2D eigenvalue weighted by atomic mass is 32.2. The number of carbonyl (C=O) groups is 1. The highest BCUT2D eigenvalue weighted by Crippen LogP contribution is 2.32. The van der Waals surface area contributed by atoms with E-state index in [-0.39, 0.29) is 17.6 Å². The molecule has 3 aromatic carbocycles. The lowest BCUT2D eigenvalue weighted by molar-refractivity contribution is -0.137. The number of esters is 1. The molecule has 0 amide bonds. The second-order valence-electron chi connectivity index (χ2n) is 9.73. The molecule has 1 aliphatic heterocycles. The normalized spacial score (nSPS) is 13.3. The average molecular weight is 592 g/mol. The smallest absolute Gasteiger partial charge is 0.416 e. The van der Waals surface area contributed by atoms with Crippen molar-refractivity contribution in [1.29, 1.82) is 0 Å². The molecular weight excluding hydrogens is 567 g/mol. The predicted octanol–water partition coefficient (Wildman–Crippen LogP) is 5.77. The van der Waals surface area contributed by atoms with Gasteiger partial charge in [0.25, 0.3) is 5.56 Å². The fourth-order valence-corrected chi connectivity index (χ4v) is 5.84. The largest absolute Gasteiger partial charge is 0.465 e. The summed E-state index contributed by atoms with van der Waals surface area (Å²) in [5, 5.41) is 0.541. The Morgan fingerprint density at radius 2 is 1.81 bits per heavy atom. The van der Waals surface area contributed by atoms with Crippen LogP contribution in [0.4, 0.5) is 19.1 Å². The van der Waals surface area contributed by atoms with Gasteiger partial charge >= 0.3 is 12.1 Å². The van der Waals surface area contributed by atoms with Crippen LogP contribution >= 0.6 is 11.8 Å². The molecule has 0 fully saturated rings. The number of ether oxygens (including phenoxy) is 1. The van der Waals surface area contributed by atoms with Gasteiger partial charge in [0.2, 0.25) is 5.95 Å². The van der Waals surface area contributed by atoms with Gasteiger partial charge in [0.1, 0.15) is 0 Å². The third-order valence-corrected chi connectivity index (χ3v) is 8.06. The first kappa shape index (κ1) is 27.6. The minimum absolute atomic E-state index is 0.208. The number of anilines is 1. The lowest BCUT2D eigenvalue weighted by Gasteiger charge is -2.28. The molecule has 42 heavy (non-hydrogen) atoms. The average Bonchev–Trinajstić information content (AvgIpc) is 3.43. The maximum Gasteiger partial charge on any atom is 0.416 e. The maximum atomic E-state index is 14.0. The molecule has 0 unspecified atom stereocenters. The van der Waals surface area contributed by atoms with Crippen molar-refractivity contribution in [1.82, 2.24) is 19.5 Å². The fraction of sp³-hybridized carbons (Fsp3) is 0.200. The number of carbonyl (C=O) groups excluding carboxylic acids is 1. The number of rotatable bonds is 6. The van der Waals surface area contributed by atoms with Crippen molar-refractivity contribution in [3.8, 4) is 5.69 Å². The second kappa shape index (κ2) is 11.0. The van der Waals surface area contributed by atoms with Crippen molar-refractivity contribution < 1.29 is 22.7 Å². The summed E-state index contributed by atoms with van der Waals surface area (Å²) in [5.74, 6) is 0.505. The number of benzene rings is 3. The number of methoxy groups -OCH3 is 1. The number of H-pyrrole nitrogens is 1. The topological polar surface area (TPSA) is 93.1 Å². The molecule has 3 heterocycles. The van der Waals surface area contributed by atoms with Crippen LogP contribution in [0.2, 0.25) is 0 Å². The Balaban J connectivity index is 1.31. The third kappa shape index (κ3) is 5.37. The number of fused-ring (bicyclic) bond motifs is 2. The Bertz CT molecular complexity index is 1840. The Morgan fingerprint density at radius 1 is 1.05 bits per heavy atom. The van der Waals surface area contributed by atoms with Crippen LogP contribution in [-0.4, -0.2) is 39.1 Å². The van der Waals surface area contributed by atoms with E-state index in [4.69, 9.17) is 9.72 Å². The third-order valence-electron chi connectivity index (χ3n) is 7.05. The van der Waals surface area contributed by atoms with Gasteiger partial charge in [-0.3, -0.25) is 9.36 Å². The van der Waals surface area contributed by atoms with Crippen molar-refractivity contribution in [2.75, 3.05) is 18.6 Å². The van der Waals surface area contributed by atoms with E-state index < -0.39 is 17.7 Å². The molecule has 6 rings (SSSR count). The lowest BCUT2D eigenvalue weighted by atomic mass is 10.1. The molecule has 214 valence electrons.